The molecular weight excluding hydrogens is 278 g/mol. The molecule has 0 atom stereocenters. The average molecular weight is 294 g/mol. The Balaban J connectivity index is 2.42. The zero-order valence-electron chi connectivity index (χ0n) is 10.3. The predicted octanol–water partition coefficient (Wildman–Crippen LogP) is 3.67. The summed E-state index contributed by atoms with van der Waals surface area (Å²) >= 11 is 3.48. The second-order valence-electron chi connectivity index (χ2n) is 4.66. The summed E-state index contributed by atoms with van der Waals surface area (Å²) in [7, 11) is 0. The Bertz CT molecular complexity index is 517. The van der Waals surface area contributed by atoms with Gasteiger partial charge in [-0.1, -0.05) is 29.8 Å². The van der Waals surface area contributed by atoms with Crippen LogP contribution in [0.25, 0.3) is 11.4 Å². The van der Waals surface area contributed by atoms with Gasteiger partial charge in [0.05, 0.1) is 0 Å². The van der Waals surface area contributed by atoms with Gasteiger partial charge < -0.3 is 4.57 Å². The van der Waals surface area contributed by atoms with Gasteiger partial charge in [-0.05, 0) is 36.6 Å². The number of hydrogen-bond acceptors (Lipinski definition) is 2. The third kappa shape index (κ3) is 2.75. The number of rotatable bonds is 3. The lowest BCUT2D eigenvalue weighted by Crippen LogP contribution is -2.05. The van der Waals surface area contributed by atoms with Gasteiger partial charge in [0.25, 0.3) is 0 Å². The summed E-state index contributed by atoms with van der Waals surface area (Å²) in [5.74, 6) is 1.53. The highest BCUT2D eigenvalue weighted by Gasteiger charge is 2.10. The summed E-state index contributed by atoms with van der Waals surface area (Å²) in [5.41, 5.74) is 2.35. The maximum atomic E-state index is 4.23. The summed E-state index contributed by atoms with van der Waals surface area (Å²) in [6.45, 7) is 7.42. The van der Waals surface area contributed by atoms with Crippen molar-refractivity contribution in [3.63, 3.8) is 0 Å². The van der Waals surface area contributed by atoms with Crippen molar-refractivity contribution in [2.75, 3.05) is 0 Å². The van der Waals surface area contributed by atoms with E-state index in [9.17, 15) is 0 Å². The summed E-state index contributed by atoms with van der Waals surface area (Å²) in [6.07, 6.45) is 1.80. The van der Waals surface area contributed by atoms with Crippen molar-refractivity contribution in [3.8, 4) is 11.4 Å². The Morgan fingerprint density at radius 2 is 2.12 bits per heavy atom. The second kappa shape index (κ2) is 5.00. The highest BCUT2D eigenvalue weighted by atomic mass is 79.9. The fourth-order valence-corrected chi connectivity index (χ4v) is 2.34. The molecular formula is C13H16BrN3. The molecule has 0 N–H and O–H groups in total. The van der Waals surface area contributed by atoms with Crippen molar-refractivity contribution >= 4 is 15.9 Å². The molecule has 17 heavy (non-hydrogen) atoms. The summed E-state index contributed by atoms with van der Waals surface area (Å²) in [6, 6.07) is 6.22. The molecule has 90 valence electrons. The van der Waals surface area contributed by atoms with Gasteiger partial charge in [-0.25, -0.2) is 0 Å². The van der Waals surface area contributed by atoms with E-state index in [0.29, 0.717) is 5.92 Å². The second-order valence-corrected chi connectivity index (χ2v) is 5.58. The van der Waals surface area contributed by atoms with Gasteiger partial charge >= 0.3 is 0 Å². The number of aryl methyl sites for hydroxylation is 1. The Labute approximate surface area is 110 Å². The van der Waals surface area contributed by atoms with E-state index in [1.807, 2.05) is 6.07 Å². The van der Waals surface area contributed by atoms with Crippen molar-refractivity contribution in [2.24, 2.45) is 5.92 Å². The molecule has 2 aromatic rings. The van der Waals surface area contributed by atoms with Crippen molar-refractivity contribution in [3.05, 3.63) is 34.6 Å². The van der Waals surface area contributed by atoms with Crippen LogP contribution in [0, 0.1) is 12.8 Å². The number of hydrogen-bond donors (Lipinski definition) is 0. The van der Waals surface area contributed by atoms with Gasteiger partial charge in [0.1, 0.15) is 6.33 Å². The minimum atomic E-state index is 0.584. The molecule has 0 radical (unpaired) electrons. The third-order valence-corrected chi connectivity index (χ3v) is 3.10. The lowest BCUT2D eigenvalue weighted by Gasteiger charge is -2.10. The molecule has 0 unspecified atom stereocenters. The minimum Gasteiger partial charge on any atom is -0.313 e. The van der Waals surface area contributed by atoms with Crippen molar-refractivity contribution < 1.29 is 0 Å². The summed E-state index contributed by atoms with van der Waals surface area (Å²) in [4.78, 5) is 0. The van der Waals surface area contributed by atoms with Crippen LogP contribution in [-0.4, -0.2) is 14.8 Å². The SMILES string of the molecule is Cc1cc(Br)ccc1-c1nncn1CC(C)C. The Morgan fingerprint density at radius 3 is 2.76 bits per heavy atom. The lowest BCUT2D eigenvalue weighted by atomic mass is 10.1. The van der Waals surface area contributed by atoms with Crippen LogP contribution in [0.5, 0.6) is 0 Å². The first-order valence-corrected chi connectivity index (χ1v) is 6.51. The molecule has 0 amide bonds. The van der Waals surface area contributed by atoms with Gasteiger partial charge in [-0.3, -0.25) is 0 Å². The highest BCUT2D eigenvalue weighted by Crippen LogP contribution is 2.24. The van der Waals surface area contributed by atoms with Gasteiger partial charge in [0, 0.05) is 16.6 Å². The maximum Gasteiger partial charge on any atom is 0.164 e. The van der Waals surface area contributed by atoms with Crippen LogP contribution in [0.1, 0.15) is 19.4 Å². The summed E-state index contributed by atoms with van der Waals surface area (Å²) < 4.78 is 3.20. The van der Waals surface area contributed by atoms with E-state index in [-0.39, 0.29) is 0 Å². The first-order chi connectivity index (χ1) is 8.08. The molecule has 0 aliphatic carbocycles. The average Bonchev–Trinajstić information content (AvgIpc) is 2.65. The van der Waals surface area contributed by atoms with E-state index in [0.717, 1.165) is 22.4 Å². The van der Waals surface area contributed by atoms with E-state index in [4.69, 9.17) is 0 Å². The van der Waals surface area contributed by atoms with Crippen LogP contribution >= 0.6 is 15.9 Å². The van der Waals surface area contributed by atoms with E-state index >= 15 is 0 Å². The number of halogens is 1. The Kier molecular flexibility index (Phi) is 3.62. The Morgan fingerprint density at radius 1 is 1.35 bits per heavy atom. The zero-order valence-corrected chi connectivity index (χ0v) is 11.9. The standard InChI is InChI=1S/C13H16BrN3/c1-9(2)7-17-8-15-16-13(17)12-5-4-11(14)6-10(12)3/h4-6,8-9H,7H2,1-3H3. The smallest absolute Gasteiger partial charge is 0.164 e. The molecule has 0 saturated carbocycles. The molecule has 1 aromatic heterocycles. The zero-order chi connectivity index (χ0) is 12.4. The molecule has 0 bridgehead atoms. The van der Waals surface area contributed by atoms with Crippen molar-refractivity contribution in [2.45, 2.75) is 27.3 Å². The molecule has 0 spiro atoms. The van der Waals surface area contributed by atoms with Crippen LogP contribution < -0.4 is 0 Å². The molecule has 0 saturated heterocycles. The first kappa shape index (κ1) is 12.3. The highest BCUT2D eigenvalue weighted by molar-refractivity contribution is 9.10. The number of benzene rings is 1. The quantitative estimate of drug-likeness (QED) is 0.864. The molecule has 1 heterocycles. The number of aromatic nitrogens is 3. The normalized spacial score (nSPS) is 11.1. The third-order valence-electron chi connectivity index (χ3n) is 2.61. The molecule has 4 heteroatoms. The van der Waals surface area contributed by atoms with Crippen LogP contribution in [0.2, 0.25) is 0 Å². The lowest BCUT2D eigenvalue weighted by molar-refractivity contribution is 0.525. The maximum absolute atomic E-state index is 4.23. The fourth-order valence-electron chi connectivity index (χ4n) is 1.87. The van der Waals surface area contributed by atoms with E-state index in [2.05, 4.69) is 63.6 Å². The van der Waals surface area contributed by atoms with Crippen LogP contribution in [-0.2, 0) is 6.54 Å². The fraction of sp³-hybridized carbons (Fsp3) is 0.385. The van der Waals surface area contributed by atoms with Crippen LogP contribution in [0.3, 0.4) is 0 Å². The van der Waals surface area contributed by atoms with Crippen molar-refractivity contribution in [1.29, 1.82) is 0 Å². The molecule has 0 fully saturated rings. The van der Waals surface area contributed by atoms with Crippen LogP contribution in [0.4, 0.5) is 0 Å². The molecule has 0 aliphatic heterocycles. The van der Waals surface area contributed by atoms with Crippen molar-refractivity contribution in [1.82, 2.24) is 14.8 Å². The van der Waals surface area contributed by atoms with E-state index in [1.54, 1.807) is 6.33 Å². The molecule has 3 nitrogen and oxygen atoms in total. The van der Waals surface area contributed by atoms with E-state index < -0.39 is 0 Å². The largest absolute Gasteiger partial charge is 0.313 e. The molecule has 1 aromatic carbocycles. The van der Waals surface area contributed by atoms with Gasteiger partial charge in [0.2, 0.25) is 0 Å². The summed E-state index contributed by atoms with van der Waals surface area (Å²) in [5, 5.41) is 8.24. The topological polar surface area (TPSA) is 30.7 Å². The monoisotopic (exact) mass is 293 g/mol. The van der Waals surface area contributed by atoms with E-state index in [1.165, 1.54) is 5.56 Å². The Hall–Kier alpha value is -1.16. The number of nitrogens with zero attached hydrogens (tertiary/aromatic N) is 3. The molecule has 0 aliphatic rings. The van der Waals surface area contributed by atoms with Gasteiger partial charge in [0.15, 0.2) is 5.82 Å². The predicted molar refractivity (Wildman–Crippen MR) is 72.7 cm³/mol. The first-order valence-electron chi connectivity index (χ1n) is 5.72. The van der Waals surface area contributed by atoms with Gasteiger partial charge in [-0.2, -0.15) is 0 Å². The van der Waals surface area contributed by atoms with Crippen LogP contribution in [0.15, 0.2) is 29.0 Å². The minimum absolute atomic E-state index is 0.584. The van der Waals surface area contributed by atoms with Gasteiger partial charge in [-0.15, -0.1) is 10.2 Å². The molecule has 2 rings (SSSR count).